The SMILES string of the molecule is CCN1CCO[C@@H](COc2ccc(Br)cc2)C1. The van der Waals surface area contributed by atoms with Gasteiger partial charge in [0.1, 0.15) is 18.5 Å². The Kier molecular flexibility index (Phi) is 4.83. The van der Waals surface area contributed by atoms with Crippen molar-refractivity contribution in [2.45, 2.75) is 13.0 Å². The lowest BCUT2D eigenvalue weighted by molar-refractivity contribution is -0.0464. The maximum absolute atomic E-state index is 5.72. The summed E-state index contributed by atoms with van der Waals surface area (Å²) in [6.07, 6.45) is 0.187. The molecule has 1 fully saturated rings. The van der Waals surface area contributed by atoms with Crippen molar-refractivity contribution in [1.82, 2.24) is 4.90 Å². The Morgan fingerprint density at radius 2 is 2.18 bits per heavy atom. The van der Waals surface area contributed by atoms with Gasteiger partial charge in [0.25, 0.3) is 0 Å². The zero-order valence-corrected chi connectivity index (χ0v) is 11.6. The number of nitrogens with zero attached hydrogens (tertiary/aromatic N) is 1. The fourth-order valence-corrected chi connectivity index (χ4v) is 2.15. The molecule has 4 heteroatoms. The van der Waals surface area contributed by atoms with Gasteiger partial charge < -0.3 is 9.47 Å². The molecule has 94 valence electrons. The van der Waals surface area contributed by atoms with Crippen LogP contribution in [-0.4, -0.2) is 43.9 Å². The highest BCUT2D eigenvalue weighted by molar-refractivity contribution is 9.10. The largest absolute Gasteiger partial charge is 0.491 e. The molecule has 1 aromatic carbocycles. The molecule has 3 nitrogen and oxygen atoms in total. The Bertz CT molecular complexity index is 342. The molecule has 0 saturated carbocycles. The first-order chi connectivity index (χ1) is 8.28. The third-order valence-electron chi connectivity index (χ3n) is 2.92. The van der Waals surface area contributed by atoms with Crippen LogP contribution in [0.15, 0.2) is 28.7 Å². The number of rotatable bonds is 4. The van der Waals surface area contributed by atoms with Gasteiger partial charge >= 0.3 is 0 Å². The van der Waals surface area contributed by atoms with Gasteiger partial charge in [0.2, 0.25) is 0 Å². The van der Waals surface area contributed by atoms with E-state index in [1.165, 1.54) is 0 Å². The van der Waals surface area contributed by atoms with Gasteiger partial charge in [-0.25, -0.2) is 0 Å². The topological polar surface area (TPSA) is 21.7 Å². The molecule has 1 aromatic rings. The van der Waals surface area contributed by atoms with Gasteiger partial charge in [-0.2, -0.15) is 0 Å². The van der Waals surface area contributed by atoms with Crippen molar-refractivity contribution >= 4 is 15.9 Å². The van der Waals surface area contributed by atoms with Gasteiger partial charge in [0, 0.05) is 17.6 Å². The zero-order chi connectivity index (χ0) is 12.1. The van der Waals surface area contributed by atoms with Crippen molar-refractivity contribution in [2.75, 3.05) is 32.8 Å². The Morgan fingerprint density at radius 3 is 2.88 bits per heavy atom. The fourth-order valence-electron chi connectivity index (χ4n) is 1.89. The van der Waals surface area contributed by atoms with Crippen molar-refractivity contribution in [2.24, 2.45) is 0 Å². The van der Waals surface area contributed by atoms with Crippen molar-refractivity contribution < 1.29 is 9.47 Å². The molecule has 1 aliphatic rings. The van der Waals surface area contributed by atoms with Crippen LogP contribution >= 0.6 is 15.9 Å². The zero-order valence-electron chi connectivity index (χ0n) is 10.1. The lowest BCUT2D eigenvalue weighted by Gasteiger charge is -2.31. The van der Waals surface area contributed by atoms with Crippen LogP contribution in [0.2, 0.25) is 0 Å². The van der Waals surface area contributed by atoms with Crippen LogP contribution in [0.5, 0.6) is 5.75 Å². The van der Waals surface area contributed by atoms with Gasteiger partial charge in [0.15, 0.2) is 0 Å². The molecule has 0 aromatic heterocycles. The average Bonchev–Trinajstić information content (AvgIpc) is 2.38. The molecule has 0 spiro atoms. The van der Waals surface area contributed by atoms with Crippen LogP contribution in [0.4, 0.5) is 0 Å². The summed E-state index contributed by atoms with van der Waals surface area (Å²) in [6.45, 7) is 6.69. The normalized spacial score (nSPS) is 21.4. The first-order valence-corrected chi connectivity index (χ1v) is 6.79. The standard InChI is InChI=1S/C13H18BrNO2/c1-2-15-7-8-16-13(9-15)10-17-12-5-3-11(14)4-6-12/h3-6,13H,2,7-10H2,1H3/t13-/m1/s1. The highest BCUT2D eigenvalue weighted by Gasteiger charge is 2.19. The molecule has 0 aliphatic carbocycles. The minimum Gasteiger partial charge on any atom is -0.491 e. The maximum atomic E-state index is 5.72. The summed E-state index contributed by atoms with van der Waals surface area (Å²) in [5.74, 6) is 0.894. The lowest BCUT2D eigenvalue weighted by Crippen LogP contribution is -2.44. The molecule has 2 rings (SSSR count). The number of likely N-dealkylation sites (N-methyl/N-ethyl adjacent to an activating group) is 1. The Balaban J connectivity index is 1.79. The Labute approximate surface area is 111 Å². The van der Waals surface area contributed by atoms with Gasteiger partial charge in [-0.3, -0.25) is 4.90 Å². The van der Waals surface area contributed by atoms with Gasteiger partial charge in [0.05, 0.1) is 6.61 Å². The van der Waals surface area contributed by atoms with E-state index in [2.05, 4.69) is 27.8 Å². The van der Waals surface area contributed by atoms with Crippen molar-refractivity contribution in [3.63, 3.8) is 0 Å². The smallest absolute Gasteiger partial charge is 0.119 e. The lowest BCUT2D eigenvalue weighted by atomic mass is 10.3. The minimum absolute atomic E-state index is 0.187. The van der Waals surface area contributed by atoms with Crippen LogP contribution in [0, 0.1) is 0 Å². The predicted octanol–water partition coefficient (Wildman–Crippen LogP) is 2.55. The van der Waals surface area contributed by atoms with Crippen LogP contribution in [0.25, 0.3) is 0 Å². The van der Waals surface area contributed by atoms with Crippen LogP contribution in [-0.2, 0) is 4.74 Å². The second kappa shape index (κ2) is 6.38. The first-order valence-electron chi connectivity index (χ1n) is 6.00. The summed E-state index contributed by atoms with van der Waals surface area (Å²) < 4.78 is 12.5. The van der Waals surface area contributed by atoms with E-state index < -0.39 is 0 Å². The van der Waals surface area contributed by atoms with E-state index in [0.717, 1.165) is 36.5 Å². The van der Waals surface area contributed by atoms with Gasteiger partial charge in [-0.1, -0.05) is 22.9 Å². The average molecular weight is 300 g/mol. The van der Waals surface area contributed by atoms with Crippen LogP contribution in [0.1, 0.15) is 6.92 Å². The summed E-state index contributed by atoms with van der Waals surface area (Å²) in [5, 5.41) is 0. The van der Waals surface area contributed by atoms with E-state index in [1.54, 1.807) is 0 Å². The van der Waals surface area contributed by atoms with Crippen molar-refractivity contribution in [1.29, 1.82) is 0 Å². The molecule has 0 bridgehead atoms. The highest BCUT2D eigenvalue weighted by atomic mass is 79.9. The van der Waals surface area contributed by atoms with Gasteiger partial charge in [-0.05, 0) is 30.8 Å². The molecule has 17 heavy (non-hydrogen) atoms. The van der Waals surface area contributed by atoms with E-state index in [9.17, 15) is 0 Å². The van der Waals surface area contributed by atoms with Crippen LogP contribution < -0.4 is 4.74 Å². The second-order valence-corrected chi connectivity index (χ2v) is 5.07. The van der Waals surface area contributed by atoms with E-state index in [4.69, 9.17) is 9.47 Å². The molecule has 1 aliphatic heterocycles. The fraction of sp³-hybridized carbons (Fsp3) is 0.538. The Morgan fingerprint density at radius 1 is 1.41 bits per heavy atom. The predicted molar refractivity (Wildman–Crippen MR) is 71.5 cm³/mol. The summed E-state index contributed by atoms with van der Waals surface area (Å²) in [6, 6.07) is 7.89. The third-order valence-corrected chi connectivity index (χ3v) is 3.45. The summed E-state index contributed by atoms with van der Waals surface area (Å²) in [5.41, 5.74) is 0. The summed E-state index contributed by atoms with van der Waals surface area (Å²) >= 11 is 3.40. The third kappa shape index (κ3) is 3.98. The molecular formula is C13H18BrNO2. The van der Waals surface area contributed by atoms with Crippen LogP contribution in [0.3, 0.4) is 0 Å². The monoisotopic (exact) mass is 299 g/mol. The Hall–Kier alpha value is -0.580. The molecule has 1 atom stereocenters. The molecule has 0 amide bonds. The maximum Gasteiger partial charge on any atom is 0.119 e. The van der Waals surface area contributed by atoms with E-state index in [1.807, 2.05) is 24.3 Å². The highest BCUT2D eigenvalue weighted by Crippen LogP contribution is 2.17. The number of benzene rings is 1. The van der Waals surface area contributed by atoms with E-state index >= 15 is 0 Å². The van der Waals surface area contributed by atoms with Gasteiger partial charge in [-0.15, -0.1) is 0 Å². The van der Waals surface area contributed by atoms with E-state index in [-0.39, 0.29) is 6.10 Å². The first kappa shape index (κ1) is 12.9. The van der Waals surface area contributed by atoms with E-state index in [0.29, 0.717) is 6.61 Å². The summed E-state index contributed by atoms with van der Waals surface area (Å²) in [4.78, 5) is 2.39. The molecule has 0 unspecified atom stereocenters. The second-order valence-electron chi connectivity index (χ2n) is 4.15. The molecule has 0 N–H and O–H groups in total. The van der Waals surface area contributed by atoms with Crippen molar-refractivity contribution in [3.8, 4) is 5.75 Å². The van der Waals surface area contributed by atoms with Crippen molar-refractivity contribution in [3.05, 3.63) is 28.7 Å². The molecular weight excluding hydrogens is 282 g/mol. The number of hydrogen-bond acceptors (Lipinski definition) is 3. The number of hydrogen-bond donors (Lipinski definition) is 0. The molecule has 1 saturated heterocycles. The number of morpholine rings is 1. The number of halogens is 1. The minimum atomic E-state index is 0.187. The molecule has 0 radical (unpaired) electrons. The quantitative estimate of drug-likeness (QED) is 0.853. The molecule has 1 heterocycles. The summed E-state index contributed by atoms with van der Waals surface area (Å²) in [7, 11) is 0. The number of ether oxygens (including phenoxy) is 2.